The van der Waals surface area contributed by atoms with Gasteiger partial charge in [0.25, 0.3) is 5.91 Å². The molecule has 15 heteroatoms. The van der Waals surface area contributed by atoms with Crippen molar-refractivity contribution in [2.75, 3.05) is 19.6 Å². The molecule has 1 aliphatic heterocycles. The van der Waals surface area contributed by atoms with Crippen LogP contribution in [0.2, 0.25) is 15.2 Å². The van der Waals surface area contributed by atoms with Crippen LogP contribution >= 0.6 is 34.8 Å². The van der Waals surface area contributed by atoms with Gasteiger partial charge in [0, 0.05) is 42.0 Å². The van der Waals surface area contributed by atoms with Gasteiger partial charge in [-0.1, -0.05) is 34.8 Å². The van der Waals surface area contributed by atoms with Crippen LogP contribution in [0.15, 0.2) is 59.6 Å². The fourth-order valence-corrected chi connectivity index (χ4v) is 7.83. The van der Waals surface area contributed by atoms with E-state index in [1.165, 1.54) is 12.1 Å². The van der Waals surface area contributed by atoms with Crippen LogP contribution in [0.3, 0.4) is 0 Å². The zero-order valence-corrected chi connectivity index (χ0v) is 27.7. The summed E-state index contributed by atoms with van der Waals surface area (Å²) >= 11 is 19.4. The van der Waals surface area contributed by atoms with Crippen LogP contribution in [0.4, 0.5) is 0 Å². The number of benzene rings is 2. The highest BCUT2D eigenvalue weighted by molar-refractivity contribution is 7.89. The van der Waals surface area contributed by atoms with E-state index in [4.69, 9.17) is 44.8 Å². The number of nitrogens with zero attached hydrogens (tertiary/aromatic N) is 4. The lowest BCUT2D eigenvalue weighted by molar-refractivity contribution is -0.124. The van der Waals surface area contributed by atoms with E-state index in [0.29, 0.717) is 59.2 Å². The molecule has 0 spiro atoms. The molecular weight excluding hydrogens is 675 g/mol. The Morgan fingerprint density at radius 3 is 2.57 bits per heavy atom. The summed E-state index contributed by atoms with van der Waals surface area (Å²) in [5.41, 5.74) is 2.25. The van der Waals surface area contributed by atoms with E-state index < -0.39 is 22.0 Å². The molecule has 0 bridgehead atoms. The van der Waals surface area contributed by atoms with Crippen molar-refractivity contribution in [1.29, 1.82) is 5.26 Å². The van der Waals surface area contributed by atoms with E-state index in [0.717, 1.165) is 4.31 Å². The molecular formula is C31H29Cl3N6O5S. The summed E-state index contributed by atoms with van der Waals surface area (Å²) in [5, 5.41) is 15.0. The Hall–Kier alpha value is -3.86. The summed E-state index contributed by atoms with van der Waals surface area (Å²) in [4.78, 5) is 29.6. The summed E-state index contributed by atoms with van der Waals surface area (Å²) in [6.45, 7) is 2.30. The maximum atomic E-state index is 13.8. The Bertz CT molecular complexity index is 1940. The quantitative estimate of drug-likeness (QED) is 0.206. The number of pyridine rings is 1. The number of amides is 2. The van der Waals surface area contributed by atoms with Gasteiger partial charge in [-0.3, -0.25) is 14.0 Å². The maximum Gasteiger partial charge on any atom is 0.251 e. The van der Waals surface area contributed by atoms with Crippen molar-refractivity contribution >= 4 is 62.3 Å². The number of imidazole rings is 1. The van der Waals surface area contributed by atoms with Gasteiger partial charge in [0.15, 0.2) is 11.4 Å². The largest absolute Gasteiger partial charge is 0.485 e. The van der Waals surface area contributed by atoms with E-state index >= 15 is 0 Å². The number of carbonyl (C=O) groups is 2. The first-order valence-corrected chi connectivity index (χ1v) is 16.9. The van der Waals surface area contributed by atoms with E-state index in [9.17, 15) is 18.0 Å². The van der Waals surface area contributed by atoms with Crippen molar-refractivity contribution in [2.45, 2.75) is 43.7 Å². The van der Waals surface area contributed by atoms with Gasteiger partial charge in [-0.2, -0.15) is 9.57 Å². The zero-order valence-electron chi connectivity index (χ0n) is 24.6. The monoisotopic (exact) mass is 702 g/mol. The highest BCUT2D eigenvalue weighted by atomic mass is 35.5. The fraction of sp³-hybridized carbons (Fsp3) is 0.290. The standard InChI is InChI=1S/C31H29Cl3N6O5S/c1-19-28(34)39-15-3-6-25(29(39)38-19)45-18-22-23(32)11-12-26(27(22)33)46(43,44)40-16-2-5-24(40)31(42)37-14-4-13-36-30(41)21-9-7-20(17-35)8-10-21/h3,6-12,15,24H,2,4-5,13-14,16,18H2,1H3,(H,36,41)(H,37,42)/t24-/m0/s1. The molecule has 11 nitrogen and oxygen atoms in total. The molecule has 3 heterocycles. The smallest absolute Gasteiger partial charge is 0.251 e. The summed E-state index contributed by atoms with van der Waals surface area (Å²) in [6, 6.07) is 13.5. The van der Waals surface area contributed by atoms with Crippen LogP contribution < -0.4 is 15.4 Å². The lowest BCUT2D eigenvalue weighted by Crippen LogP contribution is -2.46. The van der Waals surface area contributed by atoms with Crippen LogP contribution in [0.25, 0.3) is 5.65 Å². The third-order valence-electron chi connectivity index (χ3n) is 7.55. The Labute approximate surface area is 281 Å². The number of fused-ring (bicyclic) bond motifs is 1. The number of aromatic nitrogens is 2. The molecule has 46 heavy (non-hydrogen) atoms. The Morgan fingerprint density at radius 2 is 1.83 bits per heavy atom. The first-order valence-electron chi connectivity index (χ1n) is 14.3. The minimum Gasteiger partial charge on any atom is -0.485 e. The number of aryl methyl sites for hydroxylation is 1. The third-order valence-corrected chi connectivity index (χ3v) is 10.8. The number of nitrogens with one attached hydrogen (secondary N) is 2. The van der Waals surface area contributed by atoms with Gasteiger partial charge in [-0.05, 0) is 74.7 Å². The van der Waals surface area contributed by atoms with Crippen LogP contribution in [0, 0.1) is 18.3 Å². The molecule has 0 saturated carbocycles. The third kappa shape index (κ3) is 6.94. The average Bonchev–Trinajstić information content (AvgIpc) is 3.66. The first kappa shape index (κ1) is 33.5. The minimum atomic E-state index is -4.19. The molecule has 1 atom stereocenters. The minimum absolute atomic E-state index is 0.0962. The first-order chi connectivity index (χ1) is 22.0. The zero-order chi connectivity index (χ0) is 33.0. The number of halogens is 3. The van der Waals surface area contributed by atoms with Gasteiger partial charge < -0.3 is 15.4 Å². The lowest BCUT2D eigenvalue weighted by atomic mass is 10.1. The number of ether oxygens (including phenoxy) is 1. The molecule has 2 aromatic carbocycles. The molecule has 1 saturated heterocycles. The van der Waals surface area contributed by atoms with Crippen LogP contribution in [0.1, 0.15) is 46.4 Å². The second-order valence-corrected chi connectivity index (χ2v) is 13.5. The van der Waals surface area contributed by atoms with Gasteiger partial charge >= 0.3 is 0 Å². The molecule has 2 aromatic heterocycles. The Balaban J connectivity index is 1.21. The molecule has 2 amide bonds. The van der Waals surface area contributed by atoms with Crippen LogP contribution in [0.5, 0.6) is 5.75 Å². The molecule has 0 aliphatic carbocycles. The molecule has 240 valence electrons. The molecule has 0 unspecified atom stereocenters. The van der Waals surface area contributed by atoms with Crippen molar-refractivity contribution in [3.05, 3.63) is 92.3 Å². The van der Waals surface area contributed by atoms with Gasteiger partial charge in [0.05, 0.1) is 22.3 Å². The molecule has 4 aromatic rings. The number of rotatable bonds is 11. The van der Waals surface area contributed by atoms with E-state index in [1.807, 2.05) is 6.07 Å². The number of nitriles is 1. The van der Waals surface area contributed by atoms with Crippen LogP contribution in [-0.2, 0) is 21.4 Å². The van der Waals surface area contributed by atoms with Crippen LogP contribution in [-0.4, -0.2) is 59.6 Å². The number of hydrogen-bond acceptors (Lipinski definition) is 7. The molecule has 0 radical (unpaired) electrons. The summed E-state index contributed by atoms with van der Waals surface area (Å²) in [7, 11) is -4.19. The topological polar surface area (TPSA) is 146 Å². The summed E-state index contributed by atoms with van der Waals surface area (Å²) in [6.07, 6.45) is 3.02. The fourth-order valence-electron chi connectivity index (χ4n) is 5.13. The molecule has 1 fully saturated rings. The highest BCUT2D eigenvalue weighted by Crippen LogP contribution is 2.36. The van der Waals surface area contributed by atoms with E-state index in [2.05, 4.69) is 15.6 Å². The van der Waals surface area contributed by atoms with Crippen molar-refractivity contribution in [1.82, 2.24) is 24.3 Å². The maximum absolute atomic E-state index is 13.8. The highest BCUT2D eigenvalue weighted by Gasteiger charge is 2.40. The van der Waals surface area contributed by atoms with Gasteiger partial charge in [-0.25, -0.2) is 13.4 Å². The lowest BCUT2D eigenvalue weighted by Gasteiger charge is -2.24. The van der Waals surface area contributed by atoms with Crippen molar-refractivity contribution in [2.24, 2.45) is 0 Å². The second kappa shape index (κ2) is 14.3. The normalized spacial score (nSPS) is 15.1. The van der Waals surface area contributed by atoms with Crippen molar-refractivity contribution in [3.8, 4) is 11.8 Å². The Morgan fingerprint density at radius 1 is 1.09 bits per heavy atom. The average molecular weight is 704 g/mol. The van der Waals surface area contributed by atoms with E-state index in [1.54, 1.807) is 53.9 Å². The Kier molecular flexibility index (Phi) is 10.4. The summed E-state index contributed by atoms with van der Waals surface area (Å²) in [5.74, 6) is -0.329. The number of carbonyl (C=O) groups excluding carboxylic acids is 2. The van der Waals surface area contributed by atoms with Crippen molar-refractivity contribution in [3.63, 3.8) is 0 Å². The second-order valence-electron chi connectivity index (χ2n) is 10.5. The predicted octanol–water partition coefficient (Wildman–Crippen LogP) is 5.14. The summed E-state index contributed by atoms with van der Waals surface area (Å²) < 4.78 is 36.5. The number of hydrogen-bond donors (Lipinski definition) is 2. The predicted molar refractivity (Wildman–Crippen MR) is 174 cm³/mol. The molecule has 5 rings (SSSR count). The van der Waals surface area contributed by atoms with Crippen molar-refractivity contribution < 1.29 is 22.7 Å². The van der Waals surface area contributed by atoms with Gasteiger partial charge in [0.1, 0.15) is 22.7 Å². The molecule has 2 N–H and O–H groups in total. The number of sulfonamides is 1. The van der Waals surface area contributed by atoms with Gasteiger partial charge in [0.2, 0.25) is 15.9 Å². The SMILES string of the molecule is Cc1nc2c(OCc3c(Cl)ccc(S(=O)(=O)N4CCC[C@H]4C(=O)NCCCNC(=O)c4ccc(C#N)cc4)c3Cl)cccn2c1Cl. The molecule has 1 aliphatic rings. The van der Waals surface area contributed by atoms with Gasteiger partial charge in [-0.15, -0.1) is 0 Å². The van der Waals surface area contributed by atoms with E-state index in [-0.39, 0.29) is 46.1 Å².